The van der Waals surface area contributed by atoms with Crippen LogP contribution in [-0.2, 0) is 13.1 Å². The van der Waals surface area contributed by atoms with Gasteiger partial charge in [0.25, 0.3) is 0 Å². The molecule has 8 aromatic rings. The Morgan fingerprint density at radius 3 is 1.29 bits per heavy atom. The monoisotopic (exact) mass is 1000 g/mol. The van der Waals surface area contributed by atoms with E-state index in [4.69, 9.17) is 9.47 Å². The molecule has 2 aliphatic heterocycles. The van der Waals surface area contributed by atoms with Crippen molar-refractivity contribution in [3.05, 3.63) is 144 Å². The third-order valence-corrected chi connectivity index (χ3v) is 11.7. The lowest BCUT2D eigenvalue weighted by Gasteiger charge is -2.15. The molecule has 0 saturated carbocycles. The van der Waals surface area contributed by atoms with E-state index in [1.54, 1.807) is 62.4 Å². The maximum atomic E-state index is 14.7. The first kappa shape index (κ1) is 49.1. The molecule has 4 aromatic heterocycles. The van der Waals surface area contributed by atoms with Gasteiger partial charge in [-0.25, -0.2) is 37.5 Å². The lowest BCUT2D eigenvalue weighted by atomic mass is 9.93. The van der Waals surface area contributed by atoms with Gasteiger partial charge in [-0.3, -0.25) is 0 Å². The maximum absolute atomic E-state index is 14.7. The van der Waals surface area contributed by atoms with Crippen molar-refractivity contribution >= 4 is 23.3 Å². The molecule has 2 aliphatic rings. The highest BCUT2D eigenvalue weighted by Gasteiger charge is 2.31. The predicted molar refractivity (Wildman–Crippen MR) is 246 cm³/mol. The van der Waals surface area contributed by atoms with Crippen molar-refractivity contribution in [1.82, 2.24) is 59.1 Å². The van der Waals surface area contributed by atoms with Gasteiger partial charge in [-0.2, -0.15) is 46.5 Å². The third-order valence-electron chi connectivity index (χ3n) is 11.7. The molecule has 2 atom stereocenters. The highest BCUT2D eigenvalue weighted by Crippen LogP contribution is 2.36. The van der Waals surface area contributed by atoms with Crippen LogP contribution in [0.4, 0.5) is 58.4 Å². The summed E-state index contributed by atoms with van der Waals surface area (Å²) < 4.78 is 120. The predicted octanol–water partition coefficient (Wildman–Crippen LogP) is 10.6. The summed E-state index contributed by atoms with van der Waals surface area (Å²) in [6.45, 7) is 2.15. The molecule has 0 aliphatic carbocycles. The summed E-state index contributed by atoms with van der Waals surface area (Å²) in [5.41, 5.74) is 3.34. The molecule has 0 radical (unpaired) electrons. The lowest BCUT2D eigenvalue weighted by Crippen LogP contribution is -2.19. The van der Waals surface area contributed by atoms with Crippen LogP contribution >= 0.6 is 0 Å². The molecule has 376 valence electrons. The SMILES string of the molecule is Cc1ncn(-c2ccc(Nc3nc4n(n3)CCCC[C@@H]4c3ccc(OCC(F)(F)F)cc3)cc2F)n1.Cc1ncn(-c2ccc(Nc3nc4n(n3)CCCC[C@H]4c3ccc(OCC(F)(F)F)cc3)cc2F)n1. The van der Waals surface area contributed by atoms with E-state index < -0.39 is 37.2 Å². The number of benzene rings is 4. The summed E-state index contributed by atoms with van der Waals surface area (Å²) in [5, 5.41) is 23.5. The number of anilines is 4. The first-order chi connectivity index (χ1) is 34.5. The summed E-state index contributed by atoms with van der Waals surface area (Å²) in [6, 6.07) is 22.5. The van der Waals surface area contributed by atoms with Crippen LogP contribution < -0.4 is 20.1 Å². The highest BCUT2D eigenvalue weighted by molar-refractivity contribution is 5.57. The summed E-state index contributed by atoms with van der Waals surface area (Å²) in [4.78, 5) is 17.4. The molecule has 0 spiro atoms. The Kier molecular flexibility index (Phi) is 14.2. The third kappa shape index (κ3) is 12.1. The van der Waals surface area contributed by atoms with Gasteiger partial charge in [0.15, 0.2) is 24.8 Å². The van der Waals surface area contributed by atoms with E-state index in [0.717, 1.165) is 61.3 Å². The number of ether oxygens (including phenoxy) is 2. The van der Waals surface area contributed by atoms with Crippen LogP contribution in [0.5, 0.6) is 11.5 Å². The van der Waals surface area contributed by atoms with Crippen molar-refractivity contribution in [2.75, 3.05) is 23.8 Å². The van der Waals surface area contributed by atoms with Crippen LogP contribution in [0.2, 0.25) is 0 Å². The van der Waals surface area contributed by atoms with Crippen LogP contribution in [0.15, 0.2) is 97.6 Å². The number of fused-ring (bicyclic) bond motifs is 2. The number of rotatable bonds is 12. The van der Waals surface area contributed by atoms with Gasteiger partial charge in [0, 0.05) is 36.3 Å². The van der Waals surface area contributed by atoms with Crippen molar-refractivity contribution in [2.24, 2.45) is 0 Å². The van der Waals surface area contributed by atoms with Crippen molar-refractivity contribution in [1.29, 1.82) is 0 Å². The minimum atomic E-state index is -4.39. The van der Waals surface area contributed by atoms with E-state index >= 15 is 0 Å². The van der Waals surface area contributed by atoms with Gasteiger partial charge < -0.3 is 20.1 Å². The van der Waals surface area contributed by atoms with Crippen LogP contribution in [0.1, 0.15) is 84.8 Å². The van der Waals surface area contributed by atoms with Crippen molar-refractivity contribution in [2.45, 2.75) is 89.7 Å². The Bertz CT molecular complexity index is 2900. The molecule has 0 amide bonds. The molecule has 24 heteroatoms. The Morgan fingerprint density at radius 1 is 0.542 bits per heavy atom. The summed E-state index contributed by atoms with van der Waals surface area (Å²) >= 11 is 0. The number of hydrogen-bond donors (Lipinski definition) is 2. The number of nitrogens with zero attached hydrogens (tertiary/aromatic N) is 12. The summed E-state index contributed by atoms with van der Waals surface area (Å²) in [6.07, 6.45) is -0.494. The van der Waals surface area contributed by atoms with Gasteiger partial charge in [-0.1, -0.05) is 37.1 Å². The molecule has 0 unspecified atom stereocenters. The number of aromatic nitrogens is 12. The normalized spacial score (nSPS) is 15.9. The van der Waals surface area contributed by atoms with Gasteiger partial charge in [0.2, 0.25) is 11.9 Å². The Morgan fingerprint density at radius 2 is 0.944 bits per heavy atom. The fourth-order valence-corrected chi connectivity index (χ4v) is 8.41. The highest BCUT2D eigenvalue weighted by atomic mass is 19.4. The Hall–Kier alpha value is -7.92. The van der Waals surface area contributed by atoms with E-state index in [1.165, 1.54) is 58.4 Å². The maximum Gasteiger partial charge on any atom is 0.422 e. The van der Waals surface area contributed by atoms with Crippen molar-refractivity contribution in [3.8, 4) is 22.9 Å². The number of halogens is 8. The van der Waals surface area contributed by atoms with Crippen LogP contribution in [0.3, 0.4) is 0 Å². The minimum absolute atomic E-state index is 0.0816. The fraction of sp³-hybridized carbons (Fsp3) is 0.333. The quantitative estimate of drug-likeness (QED) is 0.111. The summed E-state index contributed by atoms with van der Waals surface area (Å²) in [7, 11) is 0. The largest absolute Gasteiger partial charge is 0.484 e. The number of aryl methyl sites for hydroxylation is 4. The molecule has 10 rings (SSSR count). The standard InChI is InChI=1S/2C24H23F4N7O/c2*1-15-29-14-35(32-15)21-10-7-17(12-20(21)25)30-23-31-22-19(4-2-3-11-34(22)33-23)16-5-8-18(9-6-16)36-13-24(26,27)28/h2*5-10,12,14,19H,2-4,11,13H2,1H3,(H,30,33)/t2*19-/m10/s1. The topological polar surface area (TPSA) is 165 Å². The van der Waals surface area contributed by atoms with Crippen molar-refractivity contribution < 1.29 is 44.6 Å². The second-order valence-corrected chi connectivity index (χ2v) is 17.1. The molecule has 2 N–H and O–H groups in total. The second kappa shape index (κ2) is 20.8. The van der Waals surface area contributed by atoms with Gasteiger partial charge in [-0.05, 0) is 111 Å². The van der Waals surface area contributed by atoms with Crippen LogP contribution in [0, 0.1) is 25.5 Å². The average Bonchev–Trinajstić information content (AvgIpc) is 4.11. The Balaban J connectivity index is 0.000000178. The molecule has 16 nitrogen and oxygen atoms in total. The number of hydrogen-bond acceptors (Lipinski definition) is 12. The van der Waals surface area contributed by atoms with Crippen molar-refractivity contribution in [3.63, 3.8) is 0 Å². The van der Waals surface area contributed by atoms with E-state index in [1.807, 2.05) is 9.36 Å². The van der Waals surface area contributed by atoms with Gasteiger partial charge in [0.05, 0.1) is 0 Å². The van der Waals surface area contributed by atoms with Gasteiger partial charge in [-0.15, -0.1) is 10.2 Å². The average molecular weight is 1000 g/mol. The molecular weight excluding hydrogens is 957 g/mol. The molecule has 0 bridgehead atoms. The number of nitrogens with one attached hydrogen (secondary N) is 2. The first-order valence-electron chi connectivity index (χ1n) is 22.9. The fourth-order valence-electron chi connectivity index (χ4n) is 8.41. The molecule has 0 fully saturated rings. The van der Waals surface area contributed by atoms with Gasteiger partial charge >= 0.3 is 12.4 Å². The molecule has 72 heavy (non-hydrogen) atoms. The Labute approximate surface area is 406 Å². The zero-order valence-electron chi connectivity index (χ0n) is 38.7. The minimum Gasteiger partial charge on any atom is -0.484 e. The zero-order valence-corrected chi connectivity index (χ0v) is 38.7. The molecule has 4 aromatic carbocycles. The van der Waals surface area contributed by atoms with E-state index in [0.29, 0.717) is 48.0 Å². The molecule has 0 saturated heterocycles. The smallest absolute Gasteiger partial charge is 0.422 e. The second-order valence-electron chi connectivity index (χ2n) is 17.1. The van der Waals surface area contributed by atoms with E-state index in [9.17, 15) is 35.1 Å². The van der Waals surface area contributed by atoms with E-state index in [2.05, 4.69) is 51.0 Å². The summed E-state index contributed by atoms with van der Waals surface area (Å²) in [5.74, 6) is 2.44. The molecule has 6 heterocycles. The van der Waals surface area contributed by atoms with E-state index in [-0.39, 0.29) is 34.7 Å². The first-order valence-corrected chi connectivity index (χ1v) is 22.9. The number of alkyl halides is 6. The zero-order chi connectivity index (χ0) is 50.6. The lowest BCUT2D eigenvalue weighted by molar-refractivity contribution is -0.154. The van der Waals surface area contributed by atoms with Crippen LogP contribution in [0.25, 0.3) is 11.4 Å². The molecular formula is C48H46F8N14O2. The van der Waals surface area contributed by atoms with Gasteiger partial charge in [0.1, 0.15) is 58.8 Å². The van der Waals surface area contributed by atoms with Crippen LogP contribution in [-0.4, -0.2) is 84.6 Å².